The Labute approximate surface area is 492 Å². The zero-order valence-electron chi connectivity index (χ0n) is 51.8. The zero-order valence-corrected chi connectivity index (χ0v) is 51.8. The van der Waals surface area contributed by atoms with E-state index in [4.69, 9.17) is 9.47 Å². The summed E-state index contributed by atoms with van der Waals surface area (Å²) >= 11 is 0. The van der Waals surface area contributed by atoms with Gasteiger partial charge in [-0.1, -0.05) is 311 Å². The molecule has 1 aliphatic rings. The molecular formula is C71H127NO8. The van der Waals surface area contributed by atoms with Crippen LogP contribution < -0.4 is 5.32 Å². The number of carbonyl (C=O) groups is 1. The van der Waals surface area contributed by atoms with Gasteiger partial charge in [-0.15, -0.1) is 0 Å². The van der Waals surface area contributed by atoms with E-state index in [9.17, 15) is 30.3 Å². The van der Waals surface area contributed by atoms with Crippen LogP contribution in [0.4, 0.5) is 0 Å². The zero-order chi connectivity index (χ0) is 57.9. The van der Waals surface area contributed by atoms with Crippen LogP contribution in [0.3, 0.4) is 0 Å². The van der Waals surface area contributed by atoms with Gasteiger partial charge in [0.05, 0.1) is 25.4 Å². The predicted octanol–water partition coefficient (Wildman–Crippen LogP) is 18.1. The number of hydrogen-bond donors (Lipinski definition) is 6. The fourth-order valence-corrected chi connectivity index (χ4v) is 10.5. The summed E-state index contributed by atoms with van der Waals surface area (Å²) in [4.78, 5) is 13.1. The van der Waals surface area contributed by atoms with Gasteiger partial charge >= 0.3 is 0 Å². The monoisotopic (exact) mass is 1120 g/mol. The van der Waals surface area contributed by atoms with Crippen LogP contribution in [0.5, 0.6) is 0 Å². The molecule has 1 aliphatic heterocycles. The predicted molar refractivity (Wildman–Crippen MR) is 341 cm³/mol. The molecule has 0 aromatic carbocycles. The van der Waals surface area contributed by atoms with Crippen molar-refractivity contribution in [1.82, 2.24) is 5.32 Å². The van der Waals surface area contributed by atoms with Crippen molar-refractivity contribution in [1.29, 1.82) is 0 Å². The number of ether oxygens (including phenoxy) is 2. The van der Waals surface area contributed by atoms with Crippen LogP contribution in [-0.4, -0.2) is 87.5 Å². The summed E-state index contributed by atoms with van der Waals surface area (Å²) in [7, 11) is 0. The lowest BCUT2D eigenvalue weighted by atomic mass is 9.99. The number of aliphatic hydroxyl groups excluding tert-OH is 5. The third kappa shape index (κ3) is 47.8. The highest BCUT2D eigenvalue weighted by Gasteiger charge is 2.44. The maximum atomic E-state index is 13.1. The average molecular weight is 1120 g/mol. The van der Waals surface area contributed by atoms with Gasteiger partial charge in [0.1, 0.15) is 24.4 Å². The highest BCUT2D eigenvalue weighted by molar-refractivity contribution is 5.76. The van der Waals surface area contributed by atoms with Gasteiger partial charge < -0.3 is 40.3 Å². The van der Waals surface area contributed by atoms with E-state index >= 15 is 0 Å². The molecule has 0 saturated carbocycles. The van der Waals surface area contributed by atoms with Gasteiger partial charge in [0.2, 0.25) is 5.91 Å². The van der Waals surface area contributed by atoms with E-state index in [2.05, 4.69) is 92.1 Å². The minimum atomic E-state index is -1.57. The third-order valence-electron chi connectivity index (χ3n) is 15.7. The summed E-state index contributed by atoms with van der Waals surface area (Å²) in [6.45, 7) is 3.68. The number of amides is 1. The van der Waals surface area contributed by atoms with Crippen molar-refractivity contribution in [3.63, 3.8) is 0 Å². The van der Waals surface area contributed by atoms with E-state index in [1.165, 1.54) is 205 Å². The van der Waals surface area contributed by atoms with Crippen molar-refractivity contribution in [3.05, 3.63) is 85.1 Å². The summed E-state index contributed by atoms with van der Waals surface area (Å²) in [6.07, 6.45) is 78.3. The maximum Gasteiger partial charge on any atom is 0.220 e. The number of rotatable bonds is 58. The minimum Gasteiger partial charge on any atom is -0.394 e. The first-order valence-electron chi connectivity index (χ1n) is 33.8. The molecule has 1 amide bonds. The van der Waals surface area contributed by atoms with Gasteiger partial charge in [0.25, 0.3) is 0 Å². The van der Waals surface area contributed by atoms with Crippen LogP contribution >= 0.6 is 0 Å². The molecule has 7 unspecified atom stereocenters. The molecule has 0 aromatic heterocycles. The number of carbonyl (C=O) groups excluding carboxylic acids is 1. The van der Waals surface area contributed by atoms with Gasteiger partial charge in [0, 0.05) is 6.42 Å². The lowest BCUT2D eigenvalue weighted by Gasteiger charge is -2.40. The highest BCUT2D eigenvalue weighted by Crippen LogP contribution is 2.23. The van der Waals surface area contributed by atoms with E-state index < -0.39 is 49.5 Å². The number of nitrogens with one attached hydrogen (secondary N) is 1. The second-order valence-corrected chi connectivity index (χ2v) is 23.2. The largest absolute Gasteiger partial charge is 0.394 e. The molecule has 0 bridgehead atoms. The molecule has 0 aromatic rings. The Morgan fingerprint density at radius 2 is 0.775 bits per heavy atom. The van der Waals surface area contributed by atoms with Gasteiger partial charge in [-0.3, -0.25) is 4.79 Å². The molecule has 464 valence electrons. The van der Waals surface area contributed by atoms with E-state index in [1.54, 1.807) is 6.08 Å². The van der Waals surface area contributed by atoms with Crippen LogP contribution in [0.15, 0.2) is 85.1 Å². The minimum absolute atomic E-state index is 0.174. The molecule has 9 nitrogen and oxygen atoms in total. The van der Waals surface area contributed by atoms with Crippen molar-refractivity contribution >= 4 is 5.91 Å². The first kappa shape index (κ1) is 75.4. The normalized spacial score (nSPS) is 19.0. The fourth-order valence-electron chi connectivity index (χ4n) is 10.5. The summed E-state index contributed by atoms with van der Waals surface area (Å²) in [6, 6.07) is -0.806. The summed E-state index contributed by atoms with van der Waals surface area (Å²) < 4.78 is 11.3. The molecule has 0 radical (unpaired) electrons. The van der Waals surface area contributed by atoms with Gasteiger partial charge in [-0.2, -0.15) is 0 Å². The molecule has 0 aliphatic carbocycles. The van der Waals surface area contributed by atoms with Crippen molar-refractivity contribution in [2.45, 2.75) is 346 Å². The van der Waals surface area contributed by atoms with Crippen molar-refractivity contribution < 1.29 is 39.8 Å². The van der Waals surface area contributed by atoms with Crippen LogP contribution in [0, 0.1) is 0 Å². The topological polar surface area (TPSA) is 149 Å². The summed E-state index contributed by atoms with van der Waals surface area (Å²) in [5.74, 6) is -0.174. The number of unbranched alkanes of at least 4 members (excludes halogenated alkanes) is 36. The number of hydrogen-bond acceptors (Lipinski definition) is 8. The number of aliphatic hydroxyl groups is 5. The molecule has 6 N–H and O–H groups in total. The maximum absolute atomic E-state index is 13.1. The molecule has 9 heteroatoms. The quantitative estimate of drug-likeness (QED) is 0.0261. The second-order valence-electron chi connectivity index (χ2n) is 23.2. The number of allylic oxidation sites excluding steroid dienone is 13. The first-order chi connectivity index (χ1) is 39.3. The third-order valence-corrected chi connectivity index (χ3v) is 15.7. The molecule has 1 fully saturated rings. The molecule has 7 atom stereocenters. The molecule has 1 saturated heterocycles. The summed E-state index contributed by atoms with van der Waals surface area (Å²) in [5.41, 5.74) is 0. The molecule has 0 spiro atoms. The highest BCUT2D eigenvalue weighted by atomic mass is 16.7. The Hall–Kier alpha value is -2.63. The van der Waals surface area contributed by atoms with Crippen molar-refractivity contribution in [3.8, 4) is 0 Å². The van der Waals surface area contributed by atoms with E-state index in [-0.39, 0.29) is 12.5 Å². The lowest BCUT2D eigenvalue weighted by Crippen LogP contribution is -2.60. The van der Waals surface area contributed by atoms with Gasteiger partial charge in [-0.05, 0) is 70.6 Å². The molecule has 80 heavy (non-hydrogen) atoms. The second kappa shape index (κ2) is 59.5. The Kier molecular flexibility index (Phi) is 56.1. The Balaban J connectivity index is 2.05. The average Bonchev–Trinajstić information content (AvgIpc) is 3.46. The Morgan fingerprint density at radius 3 is 1.15 bits per heavy atom. The molecular weight excluding hydrogens is 995 g/mol. The van der Waals surface area contributed by atoms with E-state index in [0.717, 1.165) is 77.0 Å². The van der Waals surface area contributed by atoms with Crippen LogP contribution in [0.1, 0.15) is 303 Å². The standard InChI is InChI=1S/C71H127NO8/c1-3-5-7-9-11-13-15-17-19-21-22-23-24-25-26-27-28-29-30-31-32-33-34-35-36-37-38-39-40-41-42-43-44-45-47-49-51-53-55-57-59-61-67(75)72-64(63-79-71-70(78)69(77)68(76)66(62-73)80-71)65(74)60-58-56-54-52-50-48-46-20-18-16-14-12-10-8-6-4-2/h5,7,11,13,17,19,22-23,25-26,28-29,58,60,64-66,68-71,73-74,76-78H,3-4,6,8-10,12,14-16,18,20-21,24,27,30-57,59,61-63H2,1-2H3,(H,72,75)/b7-5-,13-11-,19-17-,23-22-,26-25-,29-28-,60-58+. The van der Waals surface area contributed by atoms with Crippen molar-refractivity contribution in [2.75, 3.05) is 13.2 Å². The van der Waals surface area contributed by atoms with Gasteiger partial charge in [0.15, 0.2) is 6.29 Å². The lowest BCUT2D eigenvalue weighted by molar-refractivity contribution is -0.302. The SMILES string of the molecule is CC/C=C\C/C=C\C/C=C\C/C=C\C/C=C\C/C=C\CCCCCCCCCCCCCCCCCCCCCCCCC(=O)NC(COC1OC(CO)C(O)C(O)C1O)C(O)/C=C/CCCCCCCCCCCCCCCC. The summed E-state index contributed by atoms with van der Waals surface area (Å²) in [5, 5.41) is 54.6. The molecule has 1 heterocycles. The fraction of sp³-hybridized carbons (Fsp3) is 0.789. The van der Waals surface area contributed by atoms with Crippen molar-refractivity contribution in [2.24, 2.45) is 0 Å². The van der Waals surface area contributed by atoms with Crippen LogP contribution in [0.25, 0.3) is 0 Å². The van der Waals surface area contributed by atoms with Crippen LogP contribution in [-0.2, 0) is 14.3 Å². The Bertz CT molecular complexity index is 1540. The van der Waals surface area contributed by atoms with Gasteiger partial charge in [-0.25, -0.2) is 0 Å². The molecule has 1 rings (SSSR count). The first-order valence-corrected chi connectivity index (χ1v) is 33.8. The Morgan fingerprint density at radius 1 is 0.438 bits per heavy atom. The van der Waals surface area contributed by atoms with E-state index in [0.29, 0.717) is 6.42 Å². The smallest absolute Gasteiger partial charge is 0.220 e. The van der Waals surface area contributed by atoms with E-state index in [1.807, 2.05) is 6.08 Å². The van der Waals surface area contributed by atoms with Crippen LogP contribution in [0.2, 0.25) is 0 Å².